The Bertz CT molecular complexity index is 1190. The zero-order valence-electron chi connectivity index (χ0n) is 19.8. The number of aromatic nitrogens is 5. The maximum Gasteiger partial charge on any atom is 0.225 e. The van der Waals surface area contributed by atoms with Gasteiger partial charge in [0, 0.05) is 24.3 Å². The molecule has 1 aromatic carbocycles. The summed E-state index contributed by atoms with van der Waals surface area (Å²) in [5.74, 6) is 0.903. The highest BCUT2D eigenvalue weighted by Gasteiger charge is 2.47. The fraction of sp³-hybridized carbons (Fsp3) is 0.542. The van der Waals surface area contributed by atoms with E-state index in [4.69, 9.17) is 9.97 Å². The molecule has 3 aromatic rings. The van der Waals surface area contributed by atoms with Gasteiger partial charge in [-0.25, -0.2) is 14.6 Å². The number of amides is 1. The van der Waals surface area contributed by atoms with Gasteiger partial charge < -0.3 is 20.8 Å². The summed E-state index contributed by atoms with van der Waals surface area (Å²) in [5, 5.41) is 36.9. The van der Waals surface area contributed by atoms with Crippen molar-refractivity contribution in [3.05, 3.63) is 35.9 Å². The summed E-state index contributed by atoms with van der Waals surface area (Å²) < 4.78 is 1.55. The molecule has 0 spiro atoms. The van der Waals surface area contributed by atoms with Crippen molar-refractivity contribution in [3.8, 4) is 0 Å². The molecule has 0 saturated heterocycles. The Morgan fingerprint density at radius 1 is 1.14 bits per heavy atom. The Morgan fingerprint density at radius 2 is 1.94 bits per heavy atom. The molecule has 186 valence electrons. The van der Waals surface area contributed by atoms with Crippen molar-refractivity contribution in [2.24, 2.45) is 5.92 Å². The lowest BCUT2D eigenvalue weighted by Gasteiger charge is -2.17. The molecule has 2 unspecified atom stereocenters. The van der Waals surface area contributed by atoms with Crippen LogP contribution in [0.15, 0.2) is 35.5 Å². The summed E-state index contributed by atoms with van der Waals surface area (Å²) in [6, 6.07) is 10.0. The van der Waals surface area contributed by atoms with E-state index >= 15 is 0 Å². The average molecular weight is 498 g/mol. The predicted molar refractivity (Wildman–Crippen MR) is 133 cm³/mol. The fourth-order valence-corrected chi connectivity index (χ4v) is 5.50. The van der Waals surface area contributed by atoms with E-state index in [9.17, 15) is 15.0 Å². The average Bonchev–Trinajstić information content (AvgIpc) is 3.41. The maximum atomic E-state index is 12.4. The van der Waals surface area contributed by atoms with Gasteiger partial charge in [-0.1, -0.05) is 54.2 Å². The molecule has 5 rings (SSSR count). The minimum absolute atomic E-state index is 0.241. The van der Waals surface area contributed by atoms with E-state index in [1.807, 2.05) is 25.1 Å². The Morgan fingerprint density at radius 3 is 2.69 bits per heavy atom. The van der Waals surface area contributed by atoms with Gasteiger partial charge in [0.15, 0.2) is 22.1 Å². The number of hydrogen-bond donors (Lipinski definition) is 4. The molecule has 1 amide bonds. The number of aliphatic hydroxyl groups is 2. The van der Waals surface area contributed by atoms with Crippen molar-refractivity contribution >= 4 is 34.7 Å². The van der Waals surface area contributed by atoms with Crippen molar-refractivity contribution < 1.29 is 15.0 Å². The molecule has 2 saturated carbocycles. The topological polar surface area (TPSA) is 138 Å². The highest BCUT2D eigenvalue weighted by Crippen LogP contribution is 2.43. The predicted octanol–water partition coefficient (Wildman–Crippen LogP) is 2.11. The van der Waals surface area contributed by atoms with E-state index in [1.165, 1.54) is 5.56 Å². The van der Waals surface area contributed by atoms with Crippen LogP contribution in [0.2, 0.25) is 0 Å². The van der Waals surface area contributed by atoms with Gasteiger partial charge in [0.05, 0.1) is 18.1 Å². The van der Waals surface area contributed by atoms with Crippen molar-refractivity contribution in [2.75, 3.05) is 17.6 Å². The molecular weight excluding hydrogens is 466 g/mol. The number of aliphatic hydroxyl groups excluding tert-OH is 2. The van der Waals surface area contributed by atoms with Crippen LogP contribution in [-0.4, -0.2) is 71.6 Å². The summed E-state index contributed by atoms with van der Waals surface area (Å²) in [6.07, 6.45) is -0.112. The Labute approximate surface area is 207 Å². The molecule has 2 aliphatic carbocycles. The van der Waals surface area contributed by atoms with Crippen LogP contribution >= 0.6 is 11.8 Å². The molecule has 0 aliphatic heterocycles. The van der Waals surface area contributed by atoms with E-state index in [0.717, 1.165) is 18.6 Å². The van der Waals surface area contributed by atoms with Crippen molar-refractivity contribution in [1.82, 2.24) is 30.3 Å². The molecule has 11 heteroatoms. The van der Waals surface area contributed by atoms with Crippen molar-refractivity contribution in [3.63, 3.8) is 0 Å². The third-order valence-corrected chi connectivity index (χ3v) is 7.79. The molecule has 6 atom stereocenters. The Hall–Kier alpha value is -2.76. The van der Waals surface area contributed by atoms with Crippen LogP contribution in [0.1, 0.15) is 50.6 Å². The van der Waals surface area contributed by atoms with Crippen LogP contribution in [0, 0.1) is 5.92 Å². The second-order valence-corrected chi connectivity index (χ2v) is 10.3. The molecule has 10 nitrogen and oxygen atoms in total. The monoisotopic (exact) mass is 497 g/mol. The second-order valence-electron chi connectivity index (χ2n) is 9.20. The third-order valence-electron chi connectivity index (χ3n) is 6.73. The molecule has 2 fully saturated rings. The SMILES string of the molecule is CCCSc1nc(NC2CC2c2ccccc2)c2nnn([C@H]3C[C@@H](C(=O)NCC)[C@H](O)[C@@H]3O)c2n1. The number of nitrogens with one attached hydrogen (secondary N) is 2. The number of carbonyl (C=O) groups excluding carboxylic acids is 1. The normalized spacial score (nSPS) is 27.8. The third kappa shape index (κ3) is 4.72. The van der Waals surface area contributed by atoms with E-state index in [-0.39, 0.29) is 18.4 Å². The lowest BCUT2D eigenvalue weighted by Crippen LogP contribution is -2.38. The first-order valence-electron chi connectivity index (χ1n) is 12.2. The highest BCUT2D eigenvalue weighted by molar-refractivity contribution is 7.99. The zero-order chi connectivity index (χ0) is 24.5. The number of fused-ring (bicyclic) bond motifs is 1. The first-order valence-corrected chi connectivity index (χ1v) is 13.2. The van der Waals surface area contributed by atoms with Crippen molar-refractivity contribution in [2.45, 2.75) is 68.5 Å². The Kier molecular flexibility index (Phi) is 6.90. The smallest absolute Gasteiger partial charge is 0.225 e. The summed E-state index contributed by atoms with van der Waals surface area (Å²) in [5.41, 5.74) is 2.30. The van der Waals surface area contributed by atoms with Crippen LogP contribution in [0.3, 0.4) is 0 Å². The summed E-state index contributed by atoms with van der Waals surface area (Å²) in [4.78, 5) is 21.9. The lowest BCUT2D eigenvalue weighted by molar-refractivity contribution is -0.128. The van der Waals surface area contributed by atoms with Crippen LogP contribution in [0.25, 0.3) is 11.2 Å². The lowest BCUT2D eigenvalue weighted by atomic mass is 10.0. The van der Waals surface area contributed by atoms with Gasteiger partial charge in [-0.15, -0.1) is 5.10 Å². The molecule has 4 N–H and O–H groups in total. The number of anilines is 1. The van der Waals surface area contributed by atoms with Gasteiger partial charge in [-0.05, 0) is 31.7 Å². The molecule has 2 aromatic heterocycles. The summed E-state index contributed by atoms with van der Waals surface area (Å²) >= 11 is 1.56. The first kappa shape index (κ1) is 24.0. The Balaban J connectivity index is 1.45. The number of rotatable bonds is 9. The first-order chi connectivity index (χ1) is 17.0. The molecule has 2 aliphatic rings. The van der Waals surface area contributed by atoms with Gasteiger partial charge in [0.1, 0.15) is 6.10 Å². The standard InChI is InChI=1S/C24H31N7O3S/c1-3-10-35-24-27-21(26-16-11-14(16)13-8-6-5-7-9-13)18-22(28-24)31(30-29-18)17-12-15(19(32)20(17)33)23(34)25-4-2/h5-9,14-17,19-20,32-33H,3-4,10-12H2,1-2H3,(H,25,34)(H,26,27,28)/t14?,15-,16?,17+,19+,20-/m1/s1. The minimum atomic E-state index is -1.18. The minimum Gasteiger partial charge on any atom is -0.390 e. The molecule has 2 heterocycles. The van der Waals surface area contributed by atoms with Gasteiger partial charge >= 0.3 is 0 Å². The van der Waals surface area contributed by atoms with Crippen molar-refractivity contribution in [1.29, 1.82) is 0 Å². The van der Waals surface area contributed by atoms with E-state index in [1.54, 1.807) is 16.4 Å². The number of thioether (sulfide) groups is 1. The highest BCUT2D eigenvalue weighted by atomic mass is 32.2. The van der Waals surface area contributed by atoms with Crippen LogP contribution in [-0.2, 0) is 4.79 Å². The zero-order valence-corrected chi connectivity index (χ0v) is 20.6. The molecular formula is C24H31N7O3S. The molecule has 35 heavy (non-hydrogen) atoms. The van der Waals surface area contributed by atoms with Crippen LogP contribution in [0.4, 0.5) is 5.82 Å². The van der Waals surface area contributed by atoms with Gasteiger partial charge in [-0.3, -0.25) is 4.79 Å². The number of hydrogen-bond acceptors (Lipinski definition) is 9. The number of benzene rings is 1. The quantitative estimate of drug-likeness (QED) is 0.259. The van der Waals surface area contributed by atoms with Gasteiger partial charge in [-0.2, -0.15) is 0 Å². The van der Waals surface area contributed by atoms with E-state index < -0.39 is 24.2 Å². The maximum absolute atomic E-state index is 12.4. The van der Waals surface area contributed by atoms with Crippen LogP contribution < -0.4 is 10.6 Å². The van der Waals surface area contributed by atoms with E-state index in [2.05, 4.69) is 40.0 Å². The second kappa shape index (κ2) is 10.1. The summed E-state index contributed by atoms with van der Waals surface area (Å²) in [7, 11) is 0. The van der Waals surface area contributed by atoms with Gasteiger partial charge in [0.25, 0.3) is 0 Å². The summed E-state index contributed by atoms with van der Waals surface area (Å²) in [6.45, 7) is 4.38. The van der Waals surface area contributed by atoms with Crippen LogP contribution in [0.5, 0.6) is 0 Å². The fourth-order valence-electron chi connectivity index (χ4n) is 4.81. The number of carbonyl (C=O) groups is 1. The largest absolute Gasteiger partial charge is 0.390 e. The van der Waals surface area contributed by atoms with Gasteiger partial charge in [0.2, 0.25) is 5.91 Å². The molecule has 0 bridgehead atoms. The number of nitrogens with zero attached hydrogens (tertiary/aromatic N) is 5. The van der Waals surface area contributed by atoms with E-state index in [0.29, 0.717) is 34.6 Å². The molecule has 0 radical (unpaired) electrons.